The maximum absolute atomic E-state index is 10.6. The Labute approximate surface area is 116 Å². The summed E-state index contributed by atoms with van der Waals surface area (Å²) in [5.41, 5.74) is 1.02. The molecule has 102 valence electrons. The minimum atomic E-state index is -0.980. The summed E-state index contributed by atoms with van der Waals surface area (Å²) in [6.45, 7) is 0. The lowest BCUT2D eigenvalue weighted by Crippen LogP contribution is -2.10. The molecule has 1 unspecified atom stereocenters. The molecule has 2 rings (SSSR count). The summed E-state index contributed by atoms with van der Waals surface area (Å²) in [7, 11) is 4.78. The van der Waals surface area contributed by atoms with Gasteiger partial charge in [-0.3, -0.25) is 4.68 Å². The van der Waals surface area contributed by atoms with E-state index in [9.17, 15) is 5.11 Å². The van der Waals surface area contributed by atoms with E-state index in [1.165, 1.54) is 14.2 Å². The highest BCUT2D eigenvalue weighted by Gasteiger charge is 2.25. The van der Waals surface area contributed by atoms with Crippen molar-refractivity contribution in [2.24, 2.45) is 7.05 Å². The van der Waals surface area contributed by atoms with E-state index in [4.69, 9.17) is 21.1 Å². The molecule has 1 heterocycles. The van der Waals surface area contributed by atoms with Crippen molar-refractivity contribution in [1.29, 1.82) is 0 Å². The van der Waals surface area contributed by atoms with Crippen LogP contribution in [0.5, 0.6) is 11.5 Å². The third-order valence-electron chi connectivity index (χ3n) is 2.93. The molecular weight excluding hydrogens is 268 g/mol. The third-order valence-corrected chi connectivity index (χ3v) is 3.26. The molecule has 5 nitrogen and oxygen atoms in total. The van der Waals surface area contributed by atoms with E-state index >= 15 is 0 Å². The highest BCUT2D eigenvalue weighted by Crippen LogP contribution is 2.38. The van der Waals surface area contributed by atoms with E-state index < -0.39 is 6.10 Å². The topological polar surface area (TPSA) is 56.5 Å². The molecular formula is C13H15ClN2O3. The molecule has 0 spiro atoms. The maximum Gasteiger partial charge on any atom is 0.162 e. The second-order valence-corrected chi connectivity index (χ2v) is 4.39. The lowest BCUT2D eigenvalue weighted by atomic mass is 10.0. The van der Waals surface area contributed by atoms with Gasteiger partial charge in [-0.05, 0) is 12.1 Å². The Morgan fingerprint density at radius 2 is 1.95 bits per heavy atom. The predicted octanol–water partition coefficient (Wildman–Crippen LogP) is 2.17. The zero-order valence-electron chi connectivity index (χ0n) is 10.9. The first-order chi connectivity index (χ1) is 9.10. The van der Waals surface area contributed by atoms with Crippen LogP contribution in [0.2, 0.25) is 5.02 Å². The molecule has 0 saturated heterocycles. The summed E-state index contributed by atoms with van der Waals surface area (Å²) in [5, 5.41) is 15.1. The number of nitrogens with zero attached hydrogens (tertiary/aromatic N) is 2. The molecule has 0 aliphatic carbocycles. The van der Waals surface area contributed by atoms with Crippen LogP contribution in [-0.2, 0) is 7.05 Å². The minimum absolute atomic E-state index is 0.426. The summed E-state index contributed by atoms with van der Waals surface area (Å²) in [6.07, 6.45) is 0.563. The van der Waals surface area contributed by atoms with Crippen LogP contribution < -0.4 is 9.47 Å². The smallest absolute Gasteiger partial charge is 0.162 e. The quantitative estimate of drug-likeness (QED) is 0.934. The molecule has 1 aromatic heterocycles. The van der Waals surface area contributed by atoms with E-state index in [1.807, 2.05) is 0 Å². The van der Waals surface area contributed by atoms with Gasteiger partial charge in [0.15, 0.2) is 5.75 Å². The normalized spacial score (nSPS) is 12.3. The van der Waals surface area contributed by atoms with Crippen molar-refractivity contribution in [3.8, 4) is 11.5 Å². The number of benzene rings is 1. The van der Waals surface area contributed by atoms with Crippen LogP contribution >= 0.6 is 11.6 Å². The molecule has 0 amide bonds. The van der Waals surface area contributed by atoms with Gasteiger partial charge in [-0.1, -0.05) is 17.7 Å². The molecule has 0 aliphatic heterocycles. The van der Waals surface area contributed by atoms with Gasteiger partial charge in [-0.2, -0.15) is 5.10 Å². The highest BCUT2D eigenvalue weighted by molar-refractivity contribution is 6.31. The summed E-state index contributed by atoms with van der Waals surface area (Å²) in [5.74, 6) is 1.01. The number of halogens is 1. The first-order valence-corrected chi connectivity index (χ1v) is 6.04. The van der Waals surface area contributed by atoms with Gasteiger partial charge in [0.2, 0.25) is 0 Å². The SMILES string of the molecule is COc1cccc(Cl)c1C(O)c1c(OC)cnn1C. The minimum Gasteiger partial charge on any atom is -0.496 e. The Bertz CT molecular complexity index is 583. The Kier molecular flexibility index (Phi) is 3.97. The van der Waals surface area contributed by atoms with Gasteiger partial charge in [-0.15, -0.1) is 0 Å². The lowest BCUT2D eigenvalue weighted by molar-refractivity contribution is 0.199. The molecule has 1 N–H and O–H groups in total. The van der Waals surface area contributed by atoms with Crippen LogP contribution in [0.4, 0.5) is 0 Å². The molecule has 19 heavy (non-hydrogen) atoms. The van der Waals surface area contributed by atoms with Crippen LogP contribution in [0.3, 0.4) is 0 Å². The molecule has 6 heteroatoms. The maximum atomic E-state index is 10.6. The lowest BCUT2D eigenvalue weighted by Gasteiger charge is -2.17. The van der Waals surface area contributed by atoms with Crippen LogP contribution in [0.25, 0.3) is 0 Å². The van der Waals surface area contributed by atoms with Crippen molar-refractivity contribution >= 4 is 11.6 Å². The third kappa shape index (κ3) is 2.39. The van der Waals surface area contributed by atoms with Gasteiger partial charge in [0.05, 0.1) is 25.4 Å². The van der Waals surface area contributed by atoms with E-state index in [0.29, 0.717) is 27.8 Å². The molecule has 0 radical (unpaired) electrons. The van der Waals surface area contributed by atoms with Gasteiger partial charge in [0.1, 0.15) is 17.5 Å². The number of hydrogen-bond acceptors (Lipinski definition) is 4. The number of aliphatic hydroxyl groups excluding tert-OH is 1. The van der Waals surface area contributed by atoms with E-state index in [-0.39, 0.29) is 0 Å². The summed E-state index contributed by atoms with van der Waals surface area (Å²) in [6, 6.07) is 5.20. The monoisotopic (exact) mass is 282 g/mol. The first kappa shape index (κ1) is 13.7. The van der Waals surface area contributed by atoms with E-state index in [0.717, 1.165) is 0 Å². The largest absolute Gasteiger partial charge is 0.496 e. The number of methoxy groups -OCH3 is 2. The number of aromatic nitrogens is 2. The summed E-state index contributed by atoms with van der Waals surface area (Å²) < 4.78 is 12.0. The standard InChI is InChI=1S/C13H15ClN2O3/c1-16-12(10(19-3)7-15-16)13(17)11-8(14)5-4-6-9(11)18-2/h4-7,13,17H,1-3H3. The average Bonchev–Trinajstić information content (AvgIpc) is 2.78. The average molecular weight is 283 g/mol. The fourth-order valence-electron chi connectivity index (χ4n) is 1.99. The van der Waals surface area contributed by atoms with Gasteiger partial charge in [0.25, 0.3) is 0 Å². The fourth-order valence-corrected chi connectivity index (χ4v) is 2.26. The Hall–Kier alpha value is -1.72. The van der Waals surface area contributed by atoms with Gasteiger partial charge < -0.3 is 14.6 Å². The van der Waals surface area contributed by atoms with Crippen molar-refractivity contribution in [3.63, 3.8) is 0 Å². The molecule has 0 saturated carbocycles. The van der Waals surface area contributed by atoms with Gasteiger partial charge >= 0.3 is 0 Å². The van der Waals surface area contributed by atoms with Crippen molar-refractivity contribution in [2.75, 3.05) is 14.2 Å². The molecule has 0 fully saturated rings. The van der Waals surface area contributed by atoms with Crippen LogP contribution in [0.1, 0.15) is 17.4 Å². The van der Waals surface area contributed by atoms with Crippen molar-refractivity contribution in [3.05, 3.63) is 40.7 Å². The second kappa shape index (κ2) is 5.50. The van der Waals surface area contributed by atoms with Crippen LogP contribution in [0.15, 0.2) is 24.4 Å². The van der Waals surface area contributed by atoms with Gasteiger partial charge in [0, 0.05) is 12.6 Å². The van der Waals surface area contributed by atoms with E-state index in [2.05, 4.69) is 5.10 Å². The number of ether oxygens (including phenoxy) is 2. The molecule has 0 bridgehead atoms. The number of aliphatic hydroxyl groups is 1. The Balaban J connectivity index is 2.55. The van der Waals surface area contributed by atoms with E-state index in [1.54, 1.807) is 36.1 Å². The predicted molar refractivity (Wildman–Crippen MR) is 71.8 cm³/mol. The highest BCUT2D eigenvalue weighted by atomic mass is 35.5. The molecule has 1 atom stereocenters. The number of aryl methyl sites for hydroxylation is 1. The number of rotatable bonds is 4. The summed E-state index contributed by atoms with van der Waals surface area (Å²) in [4.78, 5) is 0. The van der Waals surface area contributed by atoms with Crippen LogP contribution in [0, 0.1) is 0 Å². The second-order valence-electron chi connectivity index (χ2n) is 3.98. The number of hydrogen-bond donors (Lipinski definition) is 1. The summed E-state index contributed by atoms with van der Waals surface area (Å²) >= 11 is 6.16. The zero-order chi connectivity index (χ0) is 14.0. The van der Waals surface area contributed by atoms with Gasteiger partial charge in [-0.25, -0.2) is 0 Å². The fraction of sp³-hybridized carbons (Fsp3) is 0.308. The first-order valence-electron chi connectivity index (χ1n) is 5.66. The Morgan fingerprint density at radius 3 is 2.58 bits per heavy atom. The van der Waals surface area contributed by atoms with Crippen molar-refractivity contribution in [2.45, 2.75) is 6.10 Å². The van der Waals surface area contributed by atoms with Crippen LogP contribution in [-0.4, -0.2) is 29.1 Å². The van der Waals surface area contributed by atoms with Crippen molar-refractivity contribution in [1.82, 2.24) is 9.78 Å². The molecule has 2 aromatic rings. The molecule has 1 aromatic carbocycles. The zero-order valence-corrected chi connectivity index (χ0v) is 11.7. The van der Waals surface area contributed by atoms with Crippen molar-refractivity contribution < 1.29 is 14.6 Å². The Morgan fingerprint density at radius 1 is 1.26 bits per heavy atom. The molecule has 0 aliphatic rings.